The van der Waals surface area contributed by atoms with Gasteiger partial charge in [0.2, 0.25) is 0 Å². The molecule has 0 atom stereocenters. The Morgan fingerprint density at radius 1 is 1.27 bits per heavy atom. The van der Waals surface area contributed by atoms with Crippen LogP contribution < -0.4 is 4.74 Å². The number of rotatable bonds is 2. The second-order valence-electron chi connectivity index (χ2n) is 6.63. The van der Waals surface area contributed by atoms with Gasteiger partial charge in [0.1, 0.15) is 11.4 Å². The lowest BCUT2D eigenvalue weighted by Crippen LogP contribution is -2.41. The highest BCUT2D eigenvalue weighted by atomic mass is 127. The molecule has 1 aromatic rings. The lowest BCUT2D eigenvalue weighted by molar-refractivity contribution is 0.0204. The van der Waals surface area contributed by atoms with Crippen LogP contribution in [0.4, 0.5) is 4.79 Å². The first-order chi connectivity index (χ1) is 10.3. The van der Waals surface area contributed by atoms with Gasteiger partial charge in [-0.3, -0.25) is 0 Å². The summed E-state index contributed by atoms with van der Waals surface area (Å²) in [7, 11) is 1.71. The second kappa shape index (κ2) is 7.06. The number of benzene rings is 1. The highest BCUT2D eigenvalue weighted by Gasteiger charge is 2.28. The fraction of sp³-hybridized carbons (Fsp3) is 0.588. The number of halogens is 1. The molecule has 2 rings (SSSR count). The van der Waals surface area contributed by atoms with Gasteiger partial charge in [0.25, 0.3) is 0 Å². The van der Waals surface area contributed by atoms with Crippen LogP contribution in [0.3, 0.4) is 0 Å². The van der Waals surface area contributed by atoms with Gasteiger partial charge < -0.3 is 14.4 Å². The van der Waals surface area contributed by atoms with Crippen molar-refractivity contribution >= 4 is 28.7 Å². The van der Waals surface area contributed by atoms with Gasteiger partial charge in [-0.2, -0.15) is 0 Å². The Labute approximate surface area is 146 Å². The van der Waals surface area contributed by atoms with Gasteiger partial charge in [0, 0.05) is 16.7 Å². The normalized spacial score (nSPS) is 16.5. The SMILES string of the molecule is COc1cc(I)ccc1C1CCN(C(=O)OC(C)(C)C)CC1. The van der Waals surface area contributed by atoms with E-state index in [9.17, 15) is 4.79 Å². The van der Waals surface area contributed by atoms with Crippen LogP contribution in [0.2, 0.25) is 0 Å². The summed E-state index contributed by atoms with van der Waals surface area (Å²) in [5.74, 6) is 1.38. The van der Waals surface area contributed by atoms with Crippen LogP contribution in [0.5, 0.6) is 5.75 Å². The minimum Gasteiger partial charge on any atom is -0.496 e. The number of likely N-dealkylation sites (tertiary alicyclic amines) is 1. The molecule has 1 fully saturated rings. The van der Waals surface area contributed by atoms with E-state index in [2.05, 4.69) is 40.8 Å². The maximum Gasteiger partial charge on any atom is 0.410 e. The maximum atomic E-state index is 12.1. The third-order valence-electron chi connectivity index (χ3n) is 3.78. The molecule has 22 heavy (non-hydrogen) atoms. The maximum absolute atomic E-state index is 12.1. The third kappa shape index (κ3) is 4.51. The lowest BCUT2D eigenvalue weighted by atomic mass is 9.89. The van der Waals surface area contributed by atoms with Gasteiger partial charge in [-0.15, -0.1) is 0 Å². The summed E-state index contributed by atoms with van der Waals surface area (Å²) in [6, 6.07) is 6.32. The van der Waals surface area contributed by atoms with Crippen molar-refractivity contribution < 1.29 is 14.3 Å². The van der Waals surface area contributed by atoms with E-state index in [-0.39, 0.29) is 6.09 Å². The van der Waals surface area contributed by atoms with Gasteiger partial charge in [0.05, 0.1) is 7.11 Å². The fourth-order valence-electron chi connectivity index (χ4n) is 2.72. The molecule has 5 heteroatoms. The van der Waals surface area contributed by atoms with Crippen LogP contribution in [-0.4, -0.2) is 36.8 Å². The molecule has 4 nitrogen and oxygen atoms in total. The average Bonchev–Trinajstić information content (AvgIpc) is 2.45. The Hall–Kier alpha value is -0.980. The first kappa shape index (κ1) is 17.4. The number of hydrogen-bond donors (Lipinski definition) is 0. The average molecular weight is 417 g/mol. The first-order valence-corrected chi connectivity index (χ1v) is 8.69. The Morgan fingerprint density at radius 3 is 2.45 bits per heavy atom. The van der Waals surface area contributed by atoms with Crippen molar-refractivity contribution in [2.24, 2.45) is 0 Å². The molecule has 1 saturated heterocycles. The first-order valence-electron chi connectivity index (χ1n) is 7.61. The molecule has 1 heterocycles. The summed E-state index contributed by atoms with van der Waals surface area (Å²) in [5, 5.41) is 0. The molecule has 0 aromatic heterocycles. The number of amides is 1. The van der Waals surface area contributed by atoms with Crippen molar-refractivity contribution in [2.45, 2.75) is 45.1 Å². The third-order valence-corrected chi connectivity index (χ3v) is 4.45. The summed E-state index contributed by atoms with van der Waals surface area (Å²) in [4.78, 5) is 13.9. The topological polar surface area (TPSA) is 38.8 Å². The van der Waals surface area contributed by atoms with Gasteiger partial charge in [-0.25, -0.2) is 4.79 Å². The molecule has 1 aliphatic rings. The van der Waals surface area contributed by atoms with E-state index in [1.54, 1.807) is 12.0 Å². The number of ether oxygens (including phenoxy) is 2. The molecule has 0 radical (unpaired) electrons. The summed E-state index contributed by atoms with van der Waals surface area (Å²) in [6.45, 7) is 7.15. The minimum absolute atomic E-state index is 0.208. The smallest absolute Gasteiger partial charge is 0.410 e. The Balaban J connectivity index is 1.99. The molecule has 1 aliphatic heterocycles. The molecule has 0 spiro atoms. The summed E-state index contributed by atoms with van der Waals surface area (Å²) in [5.41, 5.74) is 0.805. The van der Waals surface area contributed by atoms with Gasteiger partial charge in [0.15, 0.2) is 0 Å². The predicted octanol–water partition coefficient (Wildman–Crippen LogP) is 4.41. The zero-order valence-electron chi connectivity index (χ0n) is 13.7. The quantitative estimate of drug-likeness (QED) is 0.669. The highest BCUT2D eigenvalue weighted by molar-refractivity contribution is 14.1. The van der Waals surface area contributed by atoms with Crippen LogP contribution in [0.15, 0.2) is 18.2 Å². The molecule has 0 aliphatic carbocycles. The predicted molar refractivity (Wildman–Crippen MR) is 95.5 cm³/mol. The van der Waals surface area contributed by atoms with Crippen LogP contribution in [-0.2, 0) is 4.74 Å². The Kier molecular flexibility index (Phi) is 5.58. The van der Waals surface area contributed by atoms with E-state index in [1.165, 1.54) is 9.13 Å². The number of piperidine rings is 1. The van der Waals surface area contributed by atoms with Crippen molar-refractivity contribution in [1.29, 1.82) is 0 Å². The van der Waals surface area contributed by atoms with E-state index in [1.807, 2.05) is 20.8 Å². The molecular weight excluding hydrogens is 393 g/mol. The fourth-order valence-corrected chi connectivity index (χ4v) is 3.18. The molecule has 0 saturated carbocycles. The highest BCUT2D eigenvalue weighted by Crippen LogP contribution is 2.35. The number of carbonyl (C=O) groups excluding carboxylic acids is 1. The van der Waals surface area contributed by atoms with Gasteiger partial charge in [-0.05, 0) is 79.8 Å². The van der Waals surface area contributed by atoms with Crippen molar-refractivity contribution in [3.63, 3.8) is 0 Å². The number of hydrogen-bond acceptors (Lipinski definition) is 3. The molecule has 1 aromatic carbocycles. The van der Waals surface area contributed by atoms with E-state index in [4.69, 9.17) is 9.47 Å². The minimum atomic E-state index is -0.437. The molecule has 0 N–H and O–H groups in total. The van der Waals surface area contributed by atoms with Crippen molar-refractivity contribution in [3.8, 4) is 5.75 Å². The summed E-state index contributed by atoms with van der Waals surface area (Å²) >= 11 is 2.29. The molecular formula is C17H24INO3. The number of carbonyl (C=O) groups is 1. The van der Waals surface area contributed by atoms with Crippen LogP contribution >= 0.6 is 22.6 Å². The Bertz CT molecular complexity index is 531. The molecule has 1 amide bonds. The van der Waals surface area contributed by atoms with Crippen LogP contribution in [0.25, 0.3) is 0 Å². The van der Waals surface area contributed by atoms with Crippen molar-refractivity contribution in [3.05, 3.63) is 27.3 Å². The second-order valence-corrected chi connectivity index (χ2v) is 7.87. The standard InChI is InChI=1S/C17H24INO3/c1-17(2,3)22-16(20)19-9-7-12(8-10-19)14-6-5-13(18)11-15(14)21-4/h5-6,11-12H,7-10H2,1-4H3. The molecule has 122 valence electrons. The monoisotopic (exact) mass is 417 g/mol. The van der Waals surface area contributed by atoms with E-state index in [0.29, 0.717) is 5.92 Å². The molecule has 0 bridgehead atoms. The summed E-state index contributed by atoms with van der Waals surface area (Å²) in [6.07, 6.45) is 1.67. The largest absolute Gasteiger partial charge is 0.496 e. The Morgan fingerprint density at radius 2 is 1.91 bits per heavy atom. The van der Waals surface area contributed by atoms with Crippen molar-refractivity contribution in [2.75, 3.05) is 20.2 Å². The molecule has 0 unspecified atom stereocenters. The summed E-state index contributed by atoms with van der Waals surface area (Å²) < 4.78 is 12.1. The number of nitrogens with zero attached hydrogens (tertiary/aromatic N) is 1. The lowest BCUT2D eigenvalue weighted by Gasteiger charge is -2.34. The van der Waals surface area contributed by atoms with E-state index >= 15 is 0 Å². The van der Waals surface area contributed by atoms with Gasteiger partial charge in [-0.1, -0.05) is 6.07 Å². The van der Waals surface area contributed by atoms with E-state index < -0.39 is 5.60 Å². The zero-order chi connectivity index (χ0) is 16.3. The van der Waals surface area contributed by atoms with Gasteiger partial charge >= 0.3 is 6.09 Å². The number of methoxy groups -OCH3 is 1. The van der Waals surface area contributed by atoms with Crippen LogP contribution in [0, 0.1) is 3.57 Å². The van der Waals surface area contributed by atoms with Crippen molar-refractivity contribution in [1.82, 2.24) is 4.90 Å². The van der Waals surface area contributed by atoms with Crippen LogP contribution in [0.1, 0.15) is 45.1 Å². The zero-order valence-corrected chi connectivity index (χ0v) is 15.8. The van der Waals surface area contributed by atoms with E-state index in [0.717, 1.165) is 31.7 Å².